The Morgan fingerprint density at radius 3 is 2.76 bits per heavy atom. The third kappa shape index (κ3) is 4.92. The molecule has 3 fully saturated rings. The van der Waals surface area contributed by atoms with Gasteiger partial charge in [-0.15, -0.1) is 0 Å². The fourth-order valence-corrected chi connectivity index (χ4v) is 6.53. The van der Waals surface area contributed by atoms with Crippen molar-refractivity contribution in [2.24, 2.45) is 5.92 Å². The Balaban J connectivity index is 1.03. The third-order valence-electron chi connectivity index (χ3n) is 8.48. The molecule has 4 aliphatic heterocycles. The molecule has 1 aromatic heterocycles. The van der Waals surface area contributed by atoms with Crippen LogP contribution in [-0.2, 0) is 24.2 Å². The third-order valence-corrected chi connectivity index (χ3v) is 8.48. The fourth-order valence-electron chi connectivity index (χ4n) is 6.53. The lowest BCUT2D eigenvalue weighted by atomic mass is 10.00. The van der Waals surface area contributed by atoms with Crippen molar-refractivity contribution in [3.8, 4) is 0 Å². The molecular formula is C28H36FN5O3. The lowest BCUT2D eigenvalue weighted by molar-refractivity contribution is 0.0811. The summed E-state index contributed by atoms with van der Waals surface area (Å²) in [6.45, 7) is 7.22. The molecule has 4 aliphatic rings. The van der Waals surface area contributed by atoms with E-state index in [1.165, 1.54) is 11.1 Å². The second-order valence-electron chi connectivity index (χ2n) is 11.1. The summed E-state index contributed by atoms with van der Waals surface area (Å²) in [7, 11) is 0. The number of hydrogen-bond acceptors (Lipinski definition) is 6. The standard InChI is InChI=1S/C28H36FN5O3/c1-19-10-23-17-37-18-27(19)34(23)22-11-25(29)26(30-12-22)16-33-9-8-32(28(33)36)15-24(35)14-31-7-6-20-4-2-3-5-21(20)13-31/h2-5,11-12,19,23-24,27,35H,6-10,13-18H2,1H3/t19?,23?,24-,27?/m1/s1. The summed E-state index contributed by atoms with van der Waals surface area (Å²) < 4.78 is 20.8. The van der Waals surface area contributed by atoms with Crippen LogP contribution in [0.25, 0.3) is 0 Å². The van der Waals surface area contributed by atoms with Gasteiger partial charge in [0.1, 0.15) is 5.82 Å². The molecule has 3 unspecified atom stereocenters. The Bertz CT molecular complexity index is 1150. The van der Waals surface area contributed by atoms with Gasteiger partial charge in [0, 0.05) is 45.3 Å². The quantitative estimate of drug-likeness (QED) is 0.619. The normalized spacial score (nSPS) is 26.6. The molecule has 2 bridgehead atoms. The molecule has 8 nitrogen and oxygen atoms in total. The van der Waals surface area contributed by atoms with E-state index in [0.29, 0.717) is 38.8 Å². The number of aliphatic hydroxyl groups is 1. The van der Waals surface area contributed by atoms with Gasteiger partial charge in [-0.05, 0) is 29.9 Å². The number of β-amino-alcohol motifs (C(OH)–C–C–N with tert-alkyl or cyclic N) is 1. The van der Waals surface area contributed by atoms with Crippen LogP contribution in [0.15, 0.2) is 36.5 Å². The summed E-state index contributed by atoms with van der Waals surface area (Å²) in [5.41, 5.74) is 3.75. The van der Waals surface area contributed by atoms with Crippen LogP contribution in [0.2, 0.25) is 0 Å². The van der Waals surface area contributed by atoms with E-state index in [-0.39, 0.29) is 42.7 Å². The highest BCUT2D eigenvalue weighted by Crippen LogP contribution is 2.37. The minimum atomic E-state index is -0.630. The van der Waals surface area contributed by atoms with Crippen LogP contribution in [0.4, 0.5) is 14.9 Å². The van der Waals surface area contributed by atoms with Gasteiger partial charge < -0.3 is 24.5 Å². The molecule has 0 spiro atoms. The van der Waals surface area contributed by atoms with Gasteiger partial charge >= 0.3 is 6.03 Å². The maximum atomic E-state index is 15.1. The zero-order valence-corrected chi connectivity index (χ0v) is 21.4. The van der Waals surface area contributed by atoms with Crippen molar-refractivity contribution in [1.29, 1.82) is 0 Å². The number of fused-ring (bicyclic) bond motifs is 3. The second kappa shape index (κ2) is 10.2. The summed E-state index contributed by atoms with van der Waals surface area (Å²) in [6.07, 6.45) is 3.13. The number of anilines is 1. The topological polar surface area (TPSA) is 72.4 Å². The molecule has 37 heavy (non-hydrogen) atoms. The van der Waals surface area contributed by atoms with E-state index in [4.69, 9.17) is 4.74 Å². The first-order valence-electron chi connectivity index (χ1n) is 13.5. The maximum absolute atomic E-state index is 15.1. The Hall–Kier alpha value is -2.75. The van der Waals surface area contributed by atoms with Gasteiger partial charge in [-0.2, -0.15) is 0 Å². The second-order valence-corrected chi connectivity index (χ2v) is 11.1. The van der Waals surface area contributed by atoms with Gasteiger partial charge in [-0.25, -0.2) is 9.18 Å². The van der Waals surface area contributed by atoms with Gasteiger partial charge in [-0.1, -0.05) is 31.2 Å². The number of hydrogen-bond donors (Lipinski definition) is 1. The van der Waals surface area contributed by atoms with Crippen LogP contribution >= 0.6 is 0 Å². The largest absolute Gasteiger partial charge is 0.390 e. The zero-order chi connectivity index (χ0) is 25.5. The summed E-state index contributed by atoms with van der Waals surface area (Å²) in [6, 6.07) is 10.3. The van der Waals surface area contributed by atoms with Crippen molar-refractivity contribution >= 4 is 11.7 Å². The van der Waals surface area contributed by atoms with Gasteiger partial charge in [0.25, 0.3) is 0 Å². The van der Waals surface area contributed by atoms with E-state index in [2.05, 4.69) is 46.0 Å². The van der Waals surface area contributed by atoms with Crippen LogP contribution in [0, 0.1) is 11.7 Å². The molecule has 1 N–H and O–H groups in total. The smallest absolute Gasteiger partial charge is 0.320 e. The predicted octanol–water partition coefficient (Wildman–Crippen LogP) is 2.49. The number of rotatable bonds is 7. The van der Waals surface area contributed by atoms with Gasteiger partial charge in [0.05, 0.1) is 55.5 Å². The molecule has 0 saturated carbocycles. The molecule has 6 rings (SSSR count). The Morgan fingerprint density at radius 2 is 1.95 bits per heavy atom. The molecule has 4 atom stereocenters. The number of benzene rings is 1. The number of carbonyl (C=O) groups excluding carboxylic acids is 1. The lowest BCUT2D eigenvalue weighted by Crippen LogP contribution is -2.47. The van der Waals surface area contributed by atoms with Gasteiger partial charge in [0.15, 0.2) is 0 Å². The first kappa shape index (κ1) is 24.6. The number of carbonyl (C=O) groups is 1. The number of aliphatic hydroxyl groups excluding tert-OH is 1. The fraction of sp³-hybridized carbons (Fsp3) is 0.571. The number of urea groups is 1. The van der Waals surface area contributed by atoms with Crippen LogP contribution in [0.3, 0.4) is 0 Å². The number of amides is 2. The Labute approximate surface area is 217 Å². The maximum Gasteiger partial charge on any atom is 0.320 e. The molecule has 2 aromatic rings. The van der Waals surface area contributed by atoms with Crippen LogP contribution < -0.4 is 4.90 Å². The summed E-state index contributed by atoms with van der Waals surface area (Å²) in [4.78, 5) is 25.2. The number of nitrogens with zero attached hydrogens (tertiary/aromatic N) is 5. The number of pyridine rings is 1. The van der Waals surface area contributed by atoms with E-state index in [9.17, 15) is 9.90 Å². The number of aromatic nitrogens is 1. The van der Waals surface area contributed by atoms with Crippen molar-refractivity contribution in [3.05, 3.63) is 59.2 Å². The van der Waals surface area contributed by atoms with Crippen LogP contribution in [-0.4, -0.2) is 94.9 Å². The highest BCUT2D eigenvalue weighted by molar-refractivity contribution is 5.76. The van der Waals surface area contributed by atoms with Crippen molar-refractivity contribution in [2.75, 3.05) is 50.8 Å². The number of halogens is 1. The molecule has 0 radical (unpaired) electrons. The van der Waals surface area contributed by atoms with E-state index in [1.807, 2.05) is 0 Å². The lowest BCUT2D eigenvalue weighted by Gasteiger charge is -2.37. The minimum absolute atomic E-state index is 0.132. The molecule has 2 amide bonds. The van der Waals surface area contributed by atoms with E-state index in [1.54, 1.807) is 22.1 Å². The monoisotopic (exact) mass is 509 g/mol. The summed E-state index contributed by atoms with van der Waals surface area (Å²) >= 11 is 0. The zero-order valence-electron chi connectivity index (χ0n) is 21.4. The predicted molar refractivity (Wildman–Crippen MR) is 138 cm³/mol. The van der Waals surface area contributed by atoms with Gasteiger partial charge in [-0.3, -0.25) is 9.88 Å². The van der Waals surface area contributed by atoms with Crippen molar-refractivity contribution in [3.63, 3.8) is 0 Å². The average molecular weight is 510 g/mol. The molecule has 1 aromatic carbocycles. The average Bonchev–Trinajstić information content (AvgIpc) is 3.32. The highest BCUT2D eigenvalue weighted by Gasteiger charge is 2.42. The van der Waals surface area contributed by atoms with E-state index >= 15 is 4.39 Å². The number of ether oxygens (including phenoxy) is 1. The van der Waals surface area contributed by atoms with Crippen LogP contribution in [0.5, 0.6) is 0 Å². The number of morpholine rings is 1. The van der Waals surface area contributed by atoms with E-state index < -0.39 is 6.10 Å². The van der Waals surface area contributed by atoms with E-state index in [0.717, 1.165) is 31.6 Å². The Kier molecular flexibility index (Phi) is 6.77. The first-order valence-corrected chi connectivity index (χ1v) is 13.5. The van der Waals surface area contributed by atoms with Gasteiger partial charge in [0.2, 0.25) is 0 Å². The molecular weight excluding hydrogens is 473 g/mol. The summed E-state index contributed by atoms with van der Waals surface area (Å²) in [5.74, 6) is 0.122. The molecule has 198 valence electrons. The van der Waals surface area contributed by atoms with Crippen LogP contribution in [0.1, 0.15) is 30.2 Å². The molecule has 5 heterocycles. The molecule has 3 saturated heterocycles. The first-order chi connectivity index (χ1) is 18.0. The molecule has 9 heteroatoms. The van der Waals surface area contributed by atoms with Crippen molar-refractivity contribution in [2.45, 2.75) is 51.0 Å². The minimum Gasteiger partial charge on any atom is -0.390 e. The SMILES string of the molecule is CC1CC2COCC1N2c1cnc(CN2CCN(C[C@H](O)CN3CCc4ccccc4C3)C2=O)c(F)c1. The molecule has 0 aliphatic carbocycles. The van der Waals surface area contributed by atoms with Crippen molar-refractivity contribution in [1.82, 2.24) is 19.7 Å². The van der Waals surface area contributed by atoms with Crippen molar-refractivity contribution < 1.29 is 19.0 Å². The Morgan fingerprint density at radius 1 is 1.14 bits per heavy atom. The highest BCUT2D eigenvalue weighted by atomic mass is 19.1. The summed E-state index contributed by atoms with van der Waals surface area (Å²) in [5, 5.41) is 10.7.